The Balaban J connectivity index is 1.01. The third kappa shape index (κ3) is 6.48. The maximum absolute atomic E-state index is 2.49. The lowest BCUT2D eigenvalue weighted by atomic mass is 9.68. The zero-order valence-corrected chi connectivity index (χ0v) is 39.6. The van der Waals surface area contributed by atoms with E-state index in [0.717, 1.165) is 28.2 Å². The molecule has 0 amide bonds. The first-order valence-corrected chi connectivity index (χ1v) is 25.0. The summed E-state index contributed by atoms with van der Waals surface area (Å²) in [6.45, 7) is 0. The molecule has 1 aliphatic carbocycles. The maximum Gasteiger partial charge on any atom is 0.0713 e. The number of hydrogen-bond acceptors (Lipinski definition) is 1. The Bertz CT molecular complexity index is 4160. The highest BCUT2D eigenvalue weighted by atomic mass is 15.1. The molecule has 0 atom stereocenters. The molecule has 0 unspecified atom stereocenters. The topological polar surface area (TPSA) is 3.24 Å². The fourth-order valence-electron chi connectivity index (χ4n) is 12.2. The largest absolute Gasteiger partial charge is 0.310 e. The van der Waals surface area contributed by atoms with Gasteiger partial charge in [0, 0.05) is 16.8 Å². The van der Waals surface area contributed by atoms with Gasteiger partial charge in [0.25, 0.3) is 0 Å². The SMILES string of the molecule is c1ccc(-c2c(-c3ccccc3)c3cc(-c4cccc(N(c5ccc6c(c5)-c5ccccc5C6(c5ccccc5)c5ccccc5)c5cccc6c5ccc5ccccc56)c4)ccc3c3ccccc23)cc1. The molecule has 13 aromatic carbocycles. The van der Waals surface area contributed by atoms with Crippen LogP contribution in [0.4, 0.5) is 17.1 Å². The van der Waals surface area contributed by atoms with Gasteiger partial charge < -0.3 is 4.90 Å². The third-order valence-electron chi connectivity index (χ3n) is 15.3. The summed E-state index contributed by atoms with van der Waals surface area (Å²) < 4.78 is 0. The Morgan fingerprint density at radius 2 is 0.750 bits per heavy atom. The number of nitrogens with zero attached hydrogens (tertiary/aromatic N) is 1. The molecule has 336 valence electrons. The molecule has 13 aromatic rings. The molecule has 0 saturated heterocycles. The van der Waals surface area contributed by atoms with Crippen LogP contribution in [0.5, 0.6) is 0 Å². The lowest BCUT2D eigenvalue weighted by Gasteiger charge is -2.34. The van der Waals surface area contributed by atoms with Crippen LogP contribution >= 0.6 is 0 Å². The second-order valence-electron chi connectivity index (χ2n) is 19.1. The predicted octanol–water partition coefficient (Wildman–Crippen LogP) is 19.1. The first-order valence-electron chi connectivity index (χ1n) is 25.0. The number of fused-ring (bicyclic) bond motifs is 9. The molecule has 14 rings (SSSR count). The van der Waals surface area contributed by atoms with Crippen LogP contribution in [0.15, 0.2) is 285 Å². The molecule has 72 heavy (non-hydrogen) atoms. The molecule has 1 nitrogen and oxygen atoms in total. The molecule has 0 radical (unpaired) electrons. The Labute approximate surface area is 420 Å². The van der Waals surface area contributed by atoms with E-state index in [-0.39, 0.29) is 0 Å². The van der Waals surface area contributed by atoms with E-state index in [1.54, 1.807) is 0 Å². The Kier molecular flexibility index (Phi) is 9.82. The van der Waals surface area contributed by atoms with Crippen LogP contribution in [-0.4, -0.2) is 0 Å². The number of rotatable bonds is 8. The second-order valence-corrected chi connectivity index (χ2v) is 19.1. The molecule has 0 aromatic heterocycles. The van der Waals surface area contributed by atoms with Gasteiger partial charge in [-0.15, -0.1) is 0 Å². The van der Waals surface area contributed by atoms with Gasteiger partial charge >= 0.3 is 0 Å². The van der Waals surface area contributed by atoms with Gasteiger partial charge in [-0.1, -0.05) is 249 Å². The first-order chi connectivity index (χ1) is 35.7. The number of hydrogen-bond donors (Lipinski definition) is 0. The van der Waals surface area contributed by atoms with Gasteiger partial charge in [0.1, 0.15) is 0 Å². The van der Waals surface area contributed by atoms with Crippen LogP contribution < -0.4 is 4.90 Å². The lowest BCUT2D eigenvalue weighted by Crippen LogP contribution is -2.28. The van der Waals surface area contributed by atoms with Gasteiger partial charge in [-0.25, -0.2) is 0 Å². The third-order valence-corrected chi connectivity index (χ3v) is 15.3. The van der Waals surface area contributed by atoms with Crippen LogP contribution in [0.2, 0.25) is 0 Å². The smallest absolute Gasteiger partial charge is 0.0713 e. The summed E-state index contributed by atoms with van der Waals surface area (Å²) in [6.07, 6.45) is 0. The minimum Gasteiger partial charge on any atom is -0.310 e. The number of benzene rings is 13. The molecule has 0 fully saturated rings. The molecular formula is C71H47N. The van der Waals surface area contributed by atoms with Crippen LogP contribution in [0.1, 0.15) is 22.3 Å². The second kappa shape index (κ2) is 17.0. The average molecular weight is 914 g/mol. The molecular weight excluding hydrogens is 867 g/mol. The van der Waals surface area contributed by atoms with Crippen molar-refractivity contribution in [3.05, 3.63) is 307 Å². The van der Waals surface area contributed by atoms with Crippen LogP contribution in [0.25, 0.3) is 87.6 Å². The minimum absolute atomic E-state index is 0.490. The van der Waals surface area contributed by atoms with E-state index >= 15 is 0 Å². The standard InChI is InChI=1S/C71H47N/c1-5-22-49(23-6-1)69-63-35-16-15-33-59(63)60-42-40-52(46-65(60)70(69)50-24-7-2-8-25-50)51-26-19-31-55(45-51)72(68-38-20-36-58-57-32-14-13-21-48(57)39-43-62(58)68)56-41-44-67-64(47-56)61-34-17-18-37-66(61)71(67,53-27-9-3-10-28-53)54-29-11-4-12-30-54/h1-47H. The van der Waals surface area contributed by atoms with E-state index in [9.17, 15) is 0 Å². The van der Waals surface area contributed by atoms with Crippen molar-refractivity contribution in [2.75, 3.05) is 4.90 Å². The Hall–Kier alpha value is -9.30. The molecule has 0 heterocycles. The van der Waals surface area contributed by atoms with Crippen molar-refractivity contribution in [2.45, 2.75) is 5.41 Å². The van der Waals surface area contributed by atoms with Crippen LogP contribution in [0, 0.1) is 0 Å². The molecule has 1 aliphatic rings. The quantitative estimate of drug-likeness (QED) is 0.137. The molecule has 1 heteroatoms. The van der Waals surface area contributed by atoms with E-state index in [0.29, 0.717) is 0 Å². The number of anilines is 3. The molecule has 0 bridgehead atoms. The zero-order valence-electron chi connectivity index (χ0n) is 39.6. The fourth-order valence-corrected chi connectivity index (χ4v) is 12.2. The van der Waals surface area contributed by atoms with E-state index in [4.69, 9.17) is 0 Å². The molecule has 0 aliphatic heterocycles. The van der Waals surface area contributed by atoms with Crippen molar-refractivity contribution in [3.63, 3.8) is 0 Å². The monoisotopic (exact) mass is 913 g/mol. The first kappa shape index (κ1) is 41.7. The van der Waals surface area contributed by atoms with E-state index in [1.165, 1.54) is 98.7 Å². The summed E-state index contributed by atoms with van der Waals surface area (Å²) in [5, 5.41) is 9.90. The summed E-state index contributed by atoms with van der Waals surface area (Å²) >= 11 is 0. The summed E-state index contributed by atoms with van der Waals surface area (Å²) in [6, 6.07) is 106. The average Bonchev–Trinajstić information content (AvgIpc) is 3.76. The van der Waals surface area contributed by atoms with Gasteiger partial charge in [0.05, 0.1) is 11.1 Å². The summed E-state index contributed by atoms with van der Waals surface area (Å²) in [5.74, 6) is 0. The highest BCUT2D eigenvalue weighted by Gasteiger charge is 2.46. The van der Waals surface area contributed by atoms with E-state index < -0.39 is 5.41 Å². The van der Waals surface area contributed by atoms with Gasteiger partial charge in [0.15, 0.2) is 0 Å². The van der Waals surface area contributed by atoms with Crippen molar-refractivity contribution in [1.82, 2.24) is 0 Å². The highest BCUT2D eigenvalue weighted by molar-refractivity contribution is 6.22. The summed E-state index contributed by atoms with van der Waals surface area (Å²) in [4.78, 5) is 2.49. The predicted molar refractivity (Wildman–Crippen MR) is 305 cm³/mol. The fraction of sp³-hybridized carbons (Fsp3) is 0.0141. The summed E-state index contributed by atoms with van der Waals surface area (Å²) in [7, 11) is 0. The van der Waals surface area contributed by atoms with Crippen molar-refractivity contribution < 1.29 is 0 Å². The lowest BCUT2D eigenvalue weighted by molar-refractivity contribution is 0.768. The Morgan fingerprint density at radius 1 is 0.250 bits per heavy atom. The normalized spacial score (nSPS) is 12.6. The van der Waals surface area contributed by atoms with Crippen molar-refractivity contribution in [1.29, 1.82) is 0 Å². The van der Waals surface area contributed by atoms with E-state index in [2.05, 4.69) is 290 Å². The highest BCUT2D eigenvalue weighted by Crippen LogP contribution is 2.57. The van der Waals surface area contributed by atoms with Crippen molar-refractivity contribution >= 4 is 60.2 Å². The van der Waals surface area contributed by atoms with Gasteiger partial charge in [-0.3, -0.25) is 0 Å². The van der Waals surface area contributed by atoms with Gasteiger partial charge in [-0.2, -0.15) is 0 Å². The van der Waals surface area contributed by atoms with E-state index in [1.807, 2.05) is 0 Å². The summed E-state index contributed by atoms with van der Waals surface area (Å²) in [5.41, 5.74) is 17.7. The molecule has 0 saturated carbocycles. The minimum atomic E-state index is -0.490. The molecule has 0 spiro atoms. The van der Waals surface area contributed by atoms with Crippen molar-refractivity contribution in [2.24, 2.45) is 0 Å². The van der Waals surface area contributed by atoms with Crippen LogP contribution in [-0.2, 0) is 5.41 Å². The van der Waals surface area contributed by atoms with Crippen LogP contribution in [0.3, 0.4) is 0 Å². The Morgan fingerprint density at radius 3 is 1.49 bits per heavy atom. The van der Waals surface area contributed by atoms with Gasteiger partial charge in [0.2, 0.25) is 0 Å². The maximum atomic E-state index is 2.49. The van der Waals surface area contributed by atoms with Gasteiger partial charge in [-0.05, 0) is 141 Å². The van der Waals surface area contributed by atoms with Crippen molar-refractivity contribution in [3.8, 4) is 44.5 Å². The zero-order chi connectivity index (χ0) is 47.6. The molecule has 0 N–H and O–H groups in total.